The maximum atomic E-state index is 14.2. The van der Waals surface area contributed by atoms with E-state index in [4.69, 9.17) is 23.9 Å². The Bertz CT molecular complexity index is 2240. The van der Waals surface area contributed by atoms with Crippen molar-refractivity contribution in [2.24, 2.45) is 0 Å². The Morgan fingerprint density at radius 1 is 0.651 bits per heavy atom. The lowest BCUT2D eigenvalue weighted by Gasteiger charge is -2.43. The van der Waals surface area contributed by atoms with Gasteiger partial charge < -0.3 is 33.1 Å². The van der Waals surface area contributed by atoms with E-state index in [2.05, 4.69) is 24.8 Å². The molecule has 0 saturated carbocycles. The van der Waals surface area contributed by atoms with E-state index in [1.165, 1.54) is 17.3 Å². The number of fused-ring (bicyclic) bond motifs is 1. The molecule has 2 fully saturated rings. The number of anilines is 4. The molecule has 18 heteroatoms. The molecule has 3 aromatic heterocycles. The molecule has 0 aliphatic carbocycles. The molecular formula is C45H62N10O8. The maximum absolute atomic E-state index is 14.2. The van der Waals surface area contributed by atoms with Crippen molar-refractivity contribution in [1.29, 1.82) is 0 Å². The van der Waals surface area contributed by atoms with E-state index in [-0.39, 0.29) is 29.1 Å². The molecule has 0 radical (unpaired) electrons. The zero-order valence-electron chi connectivity index (χ0n) is 38.7. The lowest BCUT2D eigenvalue weighted by atomic mass is 10.0. The van der Waals surface area contributed by atoms with Crippen LogP contribution in [-0.4, -0.2) is 126 Å². The van der Waals surface area contributed by atoms with Crippen LogP contribution in [0.1, 0.15) is 95.9 Å². The fraction of sp³-hybridized carbons (Fsp3) is 0.556. The van der Waals surface area contributed by atoms with Crippen molar-refractivity contribution < 1.29 is 38.1 Å². The smallest absolute Gasteiger partial charge is 0.425 e. The summed E-state index contributed by atoms with van der Waals surface area (Å²) in [5.74, 6) is -0.0109. The number of carbonyl (C=O) groups is 4. The molecular weight excluding hydrogens is 809 g/mol. The number of aromatic nitrogens is 5. The highest BCUT2D eigenvalue weighted by atomic mass is 16.6. The van der Waals surface area contributed by atoms with Gasteiger partial charge in [0.25, 0.3) is 0 Å². The Hall–Kier alpha value is -6.04. The normalized spacial score (nSPS) is 15.8. The molecule has 63 heavy (non-hydrogen) atoms. The molecule has 18 nitrogen and oxygen atoms in total. The van der Waals surface area contributed by atoms with E-state index in [9.17, 15) is 19.2 Å². The topological polar surface area (TPSA) is 177 Å². The van der Waals surface area contributed by atoms with Gasteiger partial charge in [0.05, 0.1) is 18.1 Å². The molecule has 6 rings (SSSR count). The van der Waals surface area contributed by atoms with Crippen LogP contribution in [0, 0.1) is 0 Å². The van der Waals surface area contributed by atoms with E-state index in [1.807, 2.05) is 49.9 Å². The minimum atomic E-state index is -0.999. The zero-order chi connectivity index (χ0) is 46.1. The van der Waals surface area contributed by atoms with Gasteiger partial charge in [-0.2, -0.15) is 4.90 Å². The third-order valence-electron chi connectivity index (χ3n) is 9.83. The van der Waals surface area contributed by atoms with Crippen molar-refractivity contribution >= 4 is 53.0 Å². The summed E-state index contributed by atoms with van der Waals surface area (Å²) in [5.41, 5.74) is -0.975. The Morgan fingerprint density at radius 3 is 1.76 bits per heavy atom. The van der Waals surface area contributed by atoms with Crippen molar-refractivity contribution in [2.45, 2.75) is 124 Å². The second-order valence-electron chi connectivity index (χ2n) is 19.7. The fourth-order valence-electron chi connectivity index (χ4n) is 7.17. The van der Waals surface area contributed by atoms with Gasteiger partial charge in [0.15, 0.2) is 17.3 Å². The monoisotopic (exact) mass is 870 g/mol. The van der Waals surface area contributed by atoms with E-state index in [0.717, 1.165) is 44.7 Å². The van der Waals surface area contributed by atoms with E-state index < -0.39 is 40.7 Å². The van der Waals surface area contributed by atoms with Crippen LogP contribution in [0.4, 0.5) is 42.2 Å². The van der Waals surface area contributed by atoms with Gasteiger partial charge in [-0.3, -0.25) is 9.88 Å². The summed E-state index contributed by atoms with van der Waals surface area (Å²) in [6, 6.07) is 8.06. The molecule has 0 atom stereocenters. The molecule has 0 bridgehead atoms. The van der Waals surface area contributed by atoms with Crippen molar-refractivity contribution in [3.05, 3.63) is 55.2 Å². The van der Waals surface area contributed by atoms with Gasteiger partial charge in [0.2, 0.25) is 0 Å². The first-order valence-electron chi connectivity index (χ1n) is 21.4. The first-order valence-corrected chi connectivity index (χ1v) is 21.4. The first kappa shape index (κ1) is 46.5. The number of ether oxygens (including phenoxy) is 4. The van der Waals surface area contributed by atoms with Gasteiger partial charge in [-0.25, -0.2) is 39.0 Å². The molecule has 0 N–H and O–H groups in total. The lowest BCUT2D eigenvalue weighted by Crippen LogP contribution is -2.54. The molecule has 2 saturated heterocycles. The highest BCUT2D eigenvalue weighted by Gasteiger charge is 2.36. The molecule has 5 heterocycles. The second-order valence-corrected chi connectivity index (χ2v) is 19.7. The van der Waals surface area contributed by atoms with Crippen LogP contribution in [0.15, 0.2) is 55.2 Å². The summed E-state index contributed by atoms with van der Waals surface area (Å²) in [6.07, 6.45) is 6.50. The minimum absolute atomic E-state index is 0.147. The number of piperazine rings is 1. The Labute approximate surface area is 369 Å². The van der Waals surface area contributed by atoms with E-state index >= 15 is 0 Å². The summed E-state index contributed by atoms with van der Waals surface area (Å²) >= 11 is 0. The highest BCUT2D eigenvalue weighted by molar-refractivity contribution is 6.08. The average molecular weight is 871 g/mol. The lowest BCUT2D eigenvalue weighted by molar-refractivity contribution is 0.0139. The van der Waals surface area contributed by atoms with Crippen LogP contribution in [0.3, 0.4) is 0 Å². The molecule has 2 aliphatic heterocycles. The van der Waals surface area contributed by atoms with E-state index in [1.54, 1.807) is 85.3 Å². The van der Waals surface area contributed by atoms with Crippen LogP contribution in [-0.2, 0) is 18.9 Å². The number of imide groups is 1. The predicted octanol–water partition coefficient (Wildman–Crippen LogP) is 8.46. The number of imidazole rings is 1. The van der Waals surface area contributed by atoms with Crippen molar-refractivity contribution in [3.63, 3.8) is 0 Å². The Balaban J connectivity index is 1.26. The molecule has 340 valence electrons. The number of nitrogens with zero attached hydrogens (tertiary/aromatic N) is 10. The molecule has 4 amide bonds. The Morgan fingerprint density at radius 2 is 1.21 bits per heavy atom. The summed E-state index contributed by atoms with van der Waals surface area (Å²) in [7, 11) is 0. The number of piperidine rings is 1. The Kier molecular flexibility index (Phi) is 13.3. The van der Waals surface area contributed by atoms with Crippen LogP contribution in [0.5, 0.6) is 0 Å². The van der Waals surface area contributed by atoms with Crippen LogP contribution in [0.25, 0.3) is 17.0 Å². The third-order valence-corrected chi connectivity index (χ3v) is 9.83. The fourth-order valence-corrected chi connectivity index (χ4v) is 7.17. The van der Waals surface area contributed by atoms with Crippen LogP contribution < -0.4 is 14.7 Å². The zero-order valence-corrected chi connectivity index (χ0v) is 38.7. The van der Waals surface area contributed by atoms with Crippen molar-refractivity contribution in [3.8, 4) is 11.4 Å². The van der Waals surface area contributed by atoms with Crippen molar-refractivity contribution in [2.75, 3.05) is 54.0 Å². The molecule has 1 aromatic carbocycles. The number of benzene rings is 1. The molecule has 2 aliphatic rings. The SMILES string of the molecule is CC(C)(C)OC(=O)N1CCC(N2CCN(c3ccc(N(C(=O)OC(C)(C)C)c4nc(-c5cncc(N(C(=O)OC(C)(C)C)C(=O)OC(C)(C)C)n5)cn5ccnc45)cc3)CC2)CC1. The summed E-state index contributed by atoms with van der Waals surface area (Å²) < 4.78 is 24.3. The maximum Gasteiger partial charge on any atom is 0.425 e. The van der Waals surface area contributed by atoms with Gasteiger partial charge in [0, 0.05) is 69.6 Å². The predicted molar refractivity (Wildman–Crippen MR) is 238 cm³/mol. The summed E-state index contributed by atoms with van der Waals surface area (Å²) in [5, 5.41) is 0. The molecule has 0 unspecified atom stereocenters. The number of amides is 4. The summed E-state index contributed by atoms with van der Waals surface area (Å²) in [6.45, 7) is 25.9. The number of carbonyl (C=O) groups excluding carboxylic acids is 4. The average Bonchev–Trinajstić information content (AvgIpc) is 3.65. The summed E-state index contributed by atoms with van der Waals surface area (Å²) in [4.78, 5) is 80.9. The largest absolute Gasteiger partial charge is 0.444 e. The van der Waals surface area contributed by atoms with Gasteiger partial charge in [-0.15, -0.1) is 0 Å². The van der Waals surface area contributed by atoms with Crippen LogP contribution >= 0.6 is 0 Å². The highest BCUT2D eigenvalue weighted by Crippen LogP contribution is 2.34. The second kappa shape index (κ2) is 18.0. The number of hydrogen-bond acceptors (Lipinski definition) is 14. The number of rotatable bonds is 6. The molecule has 4 aromatic rings. The van der Waals surface area contributed by atoms with Gasteiger partial charge in [-0.05, 0) is 120 Å². The standard InChI is InChI=1S/C45H62N10O8/c1-42(2,3)60-38(56)52-20-17-31(18-21-52)51-25-23-50(24-26-51)30-13-15-32(16-14-30)54(39(57)61-43(4,5)6)37-36-47-19-22-53(36)29-34(49-37)33-27-46-28-35(48-33)55(40(58)62-44(7,8)9)41(59)63-45(10,11)12/h13-16,19,22,27-29,31H,17-18,20-21,23-26H2,1-12H3. The van der Waals surface area contributed by atoms with Gasteiger partial charge >= 0.3 is 24.4 Å². The van der Waals surface area contributed by atoms with Gasteiger partial charge in [0.1, 0.15) is 33.8 Å². The van der Waals surface area contributed by atoms with Gasteiger partial charge in [-0.1, -0.05) is 0 Å². The minimum Gasteiger partial charge on any atom is -0.444 e. The number of likely N-dealkylation sites (tertiary alicyclic amines) is 1. The first-order chi connectivity index (χ1) is 29.3. The quantitative estimate of drug-likeness (QED) is 0.169. The molecule has 0 spiro atoms. The third kappa shape index (κ3) is 12.1. The number of hydrogen-bond donors (Lipinski definition) is 0. The van der Waals surface area contributed by atoms with Crippen molar-refractivity contribution in [1.82, 2.24) is 34.1 Å². The van der Waals surface area contributed by atoms with E-state index in [0.29, 0.717) is 35.4 Å². The van der Waals surface area contributed by atoms with Crippen LogP contribution in [0.2, 0.25) is 0 Å².